The van der Waals surface area contributed by atoms with E-state index >= 15 is 0 Å². The quantitative estimate of drug-likeness (QED) is 0.160. The molecule has 1 saturated heterocycles. The molecule has 2 aromatic rings. The normalized spacial score (nSPS) is 16.3. The molecule has 2 heterocycles. The molecule has 1 aromatic carbocycles. The summed E-state index contributed by atoms with van der Waals surface area (Å²) in [5.74, 6) is 1.34. The zero-order chi connectivity index (χ0) is 29.2. The summed E-state index contributed by atoms with van der Waals surface area (Å²) in [5, 5.41) is 0. The van der Waals surface area contributed by atoms with Gasteiger partial charge in [0.25, 0.3) is 5.56 Å². The maximum atomic E-state index is 12.9. The van der Waals surface area contributed by atoms with E-state index in [0.717, 1.165) is 53.3 Å². The van der Waals surface area contributed by atoms with Crippen molar-refractivity contribution in [1.29, 1.82) is 0 Å². The average molecular weight is 560 g/mol. The molecule has 0 bridgehead atoms. The van der Waals surface area contributed by atoms with E-state index in [-0.39, 0.29) is 11.6 Å². The van der Waals surface area contributed by atoms with Gasteiger partial charge < -0.3 is 14.2 Å². The van der Waals surface area contributed by atoms with E-state index in [9.17, 15) is 4.79 Å². The van der Waals surface area contributed by atoms with Gasteiger partial charge in [0, 0.05) is 22.7 Å². The molecule has 0 aliphatic carbocycles. The van der Waals surface area contributed by atoms with Gasteiger partial charge in [0.05, 0.1) is 24.6 Å². The Kier molecular flexibility index (Phi) is 11.8. The Morgan fingerprint density at radius 2 is 1.90 bits per heavy atom. The number of allylic oxidation sites excluding steroid dienone is 5. The molecule has 1 unspecified atom stereocenters. The molecular weight excluding hydrogens is 514 g/mol. The number of aliphatic imine (C=N–C) groups is 1. The third-order valence-corrected chi connectivity index (χ3v) is 8.45. The Bertz CT molecular complexity index is 1350. The molecule has 40 heavy (non-hydrogen) atoms. The number of benzene rings is 1. The first-order valence-electron chi connectivity index (χ1n) is 14.1. The zero-order valence-electron chi connectivity index (χ0n) is 25.2. The molecule has 1 aliphatic heterocycles. The summed E-state index contributed by atoms with van der Waals surface area (Å²) in [7, 11) is 2.17. The number of piperidine rings is 1. The van der Waals surface area contributed by atoms with Crippen LogP contribution in [0, 0.1) is 5.92 Å². The van der Waals surface area contributed by atoms with Crippen molar-refractivity contribution in [3.8, 4) is 0 Å². The number of likely N-dealkylation sites (tertiary alicyclic amines) is 1. The van der Waals surface area contributed by atoms with Gasteiger partial charge in [-0.25, -0.2) is 0 Å². The van der Waals surface area contributed by atoms with Crippen LogP contribution in [0.15, 0.2) is 88.0 Å². The highest BCUT2D eigenvalue weighted by atomic mass is 32.2. The predicted octanol–water partition coefficient (Wildman–Crippen LogP) is 7.82. The van der Waals surface area contributed by atoms with Crippen LogP contribution in [-0.4, -0.2) is 48.7 Å². The second-order valence-electron chi connectivity index (χ2n) is 10.8. The van der Waals surface area contributed by atoms with Crippen molar-refractivity contribution in [2.45, 2.75) is 53.5 Å². The molecule has 1 aromatic heterocycles. The number of thioether (sulfide) groups is 1. The first-order chi connectivity index (χ1) is 19.1. The Morgan fingerprint density at radius 3 is 2.55 bits per heavy atom. The molecule has 5 nitrogen and oxygen atoms in total. The minimum Gasteiger partial charge on any atom is -0.492 e. The minimum atomic E-state index is -0.152. The number of aromatic nitrogens is 1. The summed E-state index contributed by atoms with van der Waals surface area (Å²) in [4.78, 5) is 21.0. The second kappa shape index (κ2) is 15.1. The molecule has 3 rings (SSSR count). The van der Waals surface area contributed by atoms with Crippen LogP contribution in [0.1, 0.15) is 70.2 Å². The molecule has 1 aliphatic rings. The van der Waals surface area contributed by atoms with E-state index in [2.05, 4.69) is 69.6 Å². The van der Waals surface area contributed by atoms with Crippen molar-refractivity contribution in [1.82, 2.24) is 9.47 Å². The number of hydrogen-bond acceptors (Lipinski definition) is 5. The van der Waals surface area contributed by atoms with Crippen LogP contribution in [0.25, 0.3) is 10.6 Å². The van der Waals surface area contributed by atoms with Gasteiger partial charge in [-0.05, 0) is 115 Å². The topological polar surface area (TPSA) is 46.8 Å². The van der Waals surface area contributed by atoms with E-state index in [1.54, 1.807) is 28.6 Å². The van der Waals surface area contributed by atoms with Crippen LogP contribution >= 0.6 is 11.8 Å². The summed E-state index contributed by atoms with van der Waals surface area (Å²) in [6.45, 7) is 17.5. The monoisotopic (exact) mass is 559 g/mol. The van der Waals surface area contributed by atoms with Crippen LogP contribution in [0.2, 0.25) is 0 Å². The molecule has 0 radical (unpaired) electrons. The van der Waals surface area contributed by atoms with E-state index in [4.69, 9.17) is 4.74 Å². The predicted molar refractivity (Wildman–Crippen MR) is 174 cm³/mol. The lowest BCUT2D eigenvalue weighted by Gasteiger charge is -2.28. The van der Waals surface area contributed by atoms with E-state index in [1.165, 1.54) is 11.1 Å². The molecule has 0 spiro atoms. The van der Waals surface area contributed by atoms with Crippen molar-refractivity contribution < 1.29 is 4.74 Å². The fourth-order valence-electron chi connectivity index (χ4n) is 4.55. The lowest BCUT2D eigenvalue weighted by molar-refractivity contribution is 0.126. The minimum absolute atomic E-state index is 0.0302. The maximum Gasteiger partial charge on any atom is 0.251 e. The molecule has 214 valence electrons. The highest BCUT2D eigenvalue weighted by Gasteiger charge is 2.17. The third kappa shape index (κ3) is 8.70. The standard InChI is InChI=1S/C34H45N3O2S/c1-9-32(39-23-28-15-17-36(7)18-16-28)21-35-26(5)29-11-10-12-30(20-29)27(6)37-22-31(13-14-34(37)38)33(40-8)19-25(4)24(2)3/h9-14,19-22,27-28H,5,15-18,23H2,1-4,6-8H3/b32-9+,33-19-,35-21?. The van der Waals surface area contributed by atoms with E-state index in [1.807, 2.05) is 43.5 Å². The average Bonchev–Trinajstić information content (AvgIpc) is 2.96. The first kappa shape index (κ1) is 31.4. The number of nitrogens with zero attached hydrogens (tertiary/aromatic N) is 3. The Hall–Kier alpha value is -3.09. The molecule has 1 fully saturated rings. The molecular formula is C34H45N3O2S. The summed E-state index contributed by atoms with van der Waals surface area (Å²) in [6, 6.07) is 11.5. The molecule has 0 N–H and O–H groups in total. The van der Waals surface area contributed by atoms with E-state index < -0.39 is 0 Å². The van der Waals surface area contributed by atoms with Crippen molar-refractivity contribution in [2.75, 3.05) is 33.0 Å². The van der Waals surface area contributed by atoms with Crippen molar-refractivity contribution in [3.05, 3.63) is 105 Å². The SMILES string of the molecule is C=C(N=C/C(=C\C)OCC1CCN(C)CC1)c1cccc(C(C)n2cc(/C(=C/C(C)=C(C)C)SC)ccc2=O)c1. The summed E-state index contributed by atoms with van der Waals surface area (Å²) in [6.07, 6.45) is 12.3. The third-order valence-electron chi connectivity index (χ3n) is 7.65. The van der Waals surface area contributed by atoms with Gasteiger partial charge in [-0.2, -0.15) is 0 Å². The lowest BCUT2D eigenvalue weighted by atomic mass is 9.98. The van der Waals surface area contributed by atoms with Gasteiger partial charge in [0.15, 0.2) is 0 Å². The van der Waals surface area contributed by atoms with Gasteiger partial charge in [0.1, 0.15) is 5.76 Å². The van der Waals surface area contributed by atoms with Crippen LogP contribution in [-0.2, 0) is 4.74 Å². The van der Waals surface area contributed by atoms with Gasteiger partial charge in [-0.15, -0.1) is 11.8 Å². The van der Waals surface area contributed by atoms with Crippen molar-refractivity contribution in [2.24, 2.45) is 10.9 Å². The number of ether oxygens (including phenoxy) is 1. The Labute approximate surface area is 245 Å². The largest absolute Gasteiger partial charge is 0.492 e. The number of pyridine rings is 1. The van der Waals surface area contributed by atoms with Crippen LogP contribution in [0.5, 0.6) is 0 Å². The van der Waals surface area contributed by atoms with Gasteiger partial charge in [0.2, 0.25) is 0 Å². The van der Waals surface area contributed by atoms with Crippen LogP contribution in [0.4, 0.5) is 0 Å². The fraction of sp³-hybridized carbons (Fsp3) is 0.412. The molecule has 1 atom stereocenters. The first-order valence-corrected chi connectivity index (χ1v) is 15.3. The van der Waals surface area contributed by atoms with Gasteiger partial charge in [-0.1, -0.05) is 35.9 Å². The molecule has 6 heteroatoms. The summed E-state index contributed by atoms with van der Waals surface area (Å²) in [5.41, 5.74) is 6.10. The number of hydrogen-bond donors (Lipinski definition) is 0. The number of rotatable bonds is 11. The molecule has 0 saturated carbocycles. The highest BCUT2D eigenvalue weighted by Crippen LogP contribution is 2.28. The fourth-order valence-corrected chi connectivity index (χ4v) is 5.20. The lowest BCUT2D eigenvalue weighted by Crippen LogP contribution is -2.31. The Morgan fingerprint density at radius 1 is 1.18 bits per heavy atom. The summed E-state index contributed by atoms with van der Waals surface area (Å²) >= 11 is 1.69. The van der Waals surface area contributed by atoms with Crippen molar-refractivity contribution in [3.63, 3.8) is 0 Å². The van der Waals surface area contributed by atoms with E-state index in [0.29, 0.717) is 18.2 Å². The second-order valence-corrected chi connectivity index (χ2v) is 11.7. The van der Waals surface area contributed by atoms with Gasteiger partial charge >= 0.3 is 0 Å². The van der Waals surface area contributed by atoms with Crippen LogP contribution in [0.3, 0.4) is 0 Å². The van der Waals surface area contributed by atoms with Crippen LogP contribution < -0.4 is 5.56 Å². The smallest absolute Gasteiger partial charge is 0.251 e. The maximum absolute atomic E-state index is 12.9. The Balaban J connectivity index is 1.75. The highest BCUT2D eigenvalue weighted by molar-refractivity contribution is 8.07. The molecule has 0 amide bonds. The van der Waals surface area contributed by atoms with Crippen molar-refractivity contribution >= 4 is 28.6 Å². The summed E-state index contributed by atoms with van der Waals surface area (Å²) < 4.78 is 7.87. The zero-order valence-corrected chi connectivity index (χ0v) is 26.1. The van der Waals surface area contributed by atoms with Gasteiger partial charge in [-0.3, -0.25) is 9.79 Å².